The minimum Gasteiger partial charge on any atom is -0.380 e. The van der Waals surface area contributed by atoms with Crippen molar-refractivity contribution < 1.29 is 4.79 Å². The molecule has 2 aromatic heterocycles. The Morgan fingerprint density at radius 2 is 1.68 bits per heavy atom. The molecule has 6 nitrogen and oxygen atoms in total. The smallest absolute Gasteiger partial charge is 0.272 e. The number of amides is 1. The van der Waals surface area contributed by atoms with Crippen LogP contribution < -0.4 is 10.2 Å². The van der Waals surface area contributed by atoms with E-state index in [2.05, 4.69) is 32.3 Å². The maximum atomic E-state index is 12.8. The normalized spacial score (nSPS) is 14.0. The fourth-order valence-electron chi connectivity index (χ4n) is 3.30. The number of nitrogens with one attached hydrogen (secondary N) is 1. The first-order valence-electron chi connectivity index (χ1n) is 9.48. The van der Waals surface area contributed by atoms with E-state index in [0.29, 0.717) is 25.3 Å². The lowest BCUT2D eigenvalue weighted by Gasteiger charge is -2.36. The second-order valence-corrected chi connectivity index (χ2v) is 6.76. The van der Waals surface area contributed by atoms with Crippen LogP contribution >= 0.6 is 0 Å². The first-order valence-corrected chi connectivity index (χ1v) is 9.48. The predicted octanol–water partition coefficient (Wildman–Crippen LogP) is 3.05. The number of hydrogen-bond acceptors (Lipinski definition) is 5. The number of hydrogen-bond donors (Lipinski definition) is 1. The Hall–Kier alpha value is -3.41. The van der Waals surface area contributed by atoms with Gasteiger partial charge in [-0.05, 0) is 42.0 Å². The van der Waals surface area contributed by atoms with E-state index in [0.717, 1.165) is 24.3 Å². The molecule has 6 heteroatoms. The van der Waals surface area contributed by atoms with E-state index in [-0.39, 0.29) is 5.91 Å². The van der Waals surface area contributed by atoms with E-state index in [1.165, 1.54) is 5.69 Å². The van der Waals surface area contributed by atoms with Crippen LogP contribution in [0.3, 0.4) is 0 Å². The summed E-state index contributed by atoms with van der Waals surface area (Å²) in [6, 6.07) is 17.9. The Bertz CT molecular complexity index is 891. The Morgan fingerprint density at radius 3 is 2.36 bits per heavy atom. The van der Waals surface area contributed by atoms with Gasteiger partial charge in [-0.3, -0.25) is 9.78 Å². The first-order chi connectivity index (χ1) is 13.8. The van der Waals surface area contributed by atoms with Gasteiger partial charge in [0.05, 0.1) is 11.9 Å². The number of carbonyl (C=O) groups is 1. The molecule has 0 aliphatic carbocycles. The summed E-state index contributed by atoms with van der Waals surface area (Å²) in [5.74, 6) is -0.00612. The average Bonchev–Trinajstić information content (AvgIpc) is 2.79. The lowest BCUT2D eigenvalue weighted by molar-refractivity contribution is 0.0741. The zero-order chi connectivity index (χ0) is 19.2. The van der Waals surface area contributed by atoms with E-state index in [9.17, 15) is 4.79 Å². The van der Waals surface area contributed by atoms with E-state index >= 15 is 0 Å². The summed E-state index contributed by atoms with van der Waals surface area (Å²) < 4.78 is 0. The van der Waals surface area contributed by atoms with Crippen LogP contribution in [0.5, 0.6) is 0 Å². The predicted molar refractivity (Wildman–Crippen MR) is 110 cm³/mol. The molecule has 0 saturated carbocycles. The van der Waals surface area contributed by atoms with E-state index in [1.807, 2.05) is 41.3 Å². The molecule has 1 aromatic carbocycles. The van der Waals surface area contributed by atoms with Crippen molar-refractivity contribution in [2.24, 2.45) is 0 Å². The monoisotopic (exact) mass is 373 g/mol. The van der Waals surface area contributed by atoms with Crippen molar-refractivity contribution in [3.05, 3.63) is 84.4 Å². The highest BCUT2D eigenvalue weighted by atomic mass is 16.2. The summed E-state index contributed by atoms with van der Waals surface area (Å²) in [6.45, 7) is 3.77. The van der Waals surface area contributed by atoms with Gasteiger partial charge in [0.2, 0.25) is 0 Å². The highest BCUT2D eigenvalue weighted by Crippen LogP contribution is 2.17. The molecule has 142 valence electrons. The number of nitrogens with zero attached hydrogens (tertiary/aromatic N) is 4. The molecule has 1 fully saturated rings. The van der Waals surface area contributed by atoms with E-state index in [1.54, 1.807) is 24.7 Å². The van der Waals surface area contributed by atoms with E-state index in [4.69, 9.17) is 0 Å². The molecule has 1 amide bonds. The summed E-state index contributed by atoms with van der Waals surface area (Å²) in [4.78, 5) is 25.3. The van der Waals surface area contributed by atoms with Gasteiger partial charge in [-0.25, -0.2) is 4.98 Å². The Morgan fingerprint density at radius 1 is 0.929 bits per heavy atom. The topological polar surface area (TPSA) is 61.4 Å². The maximum Gasteiger partial charge on any atom is 0.272 e. The van der Waals surface area contributed by atoms with Crippen LogP contribution in [-0.2, 0) is 6.54 Å². The third-order valence-electron chi connectivity index (χ3n) is 4.92. The van der Waals surface area contributed by atoms with Gasteiger partial charge in [0.1, 0.15) is 5.69 Å². The van der Waals surface area contributed by atoms with Crippen molar-refractivity contribution in [1.29, 1.82) is 0 Å². The lowest BCUT2D eigenvalue weighted by Crippen LogP contribution is -2.49. The van der Waals surface area contributed by atoms with Crippen molar-refractivity contribution in [2.45, 2.75) is 6.54 Å². The highest BCUT2D eigenvalue weighted by molar-refractivity contribution is 5.92. The third-order valence-corrected chi connectivity index (χ3v) is 4.92. The second kappa shape index (κ2) is 8.52. The molecule has 0 atom stereocenters. The van der Waals surface area contributed by atoms with Gasteiger partial charge >= 0.3 is 0 Å². The summed E-state index contributed by atoms with van der Waals surface area (Å²) >= 11 is 0. The van der Waals surface area contributed by atoms with Gasteiger partial charge < -0.3 is 15.1 Å². The number of rotatable bonds is 5. The summed E-state index contributed by atoms with van der Waals surface area (Å²) in [7, 11) is 0. The van der Waals surface area contributed by atoms with Gasteiger partial charge in [-0.1, -0.05) is 18.2 Å². The molecule has 1 N–H and O–H groups in total. The van der Waals surface area contributed by atoms with Gasteiger partial charge in [-0.2, -0.15) is 0 Å². The first kappa shape index (κ1) is 18.0. The number of pyridine rings is 2. The minimum atomic E-state index is -0.00612. The molecule has 3 heterocycles. The number of benzene rings is 1. The fourth-order valence-corrected chi connectivity index (χ4v) is 3.30. The Kier molecular flexibility index (Phi) is 5.47. The van der Waals surface area contributed by atoms with Crippen LogP contribution in [0.2, 0.25) is 0 Å². The fraction of sp³-hybridized carbons (Fsp3) is 0.227. The lowest BCUT2D eigenvalue weighted by atomic mass is 10.2. The second-order valence-electron chi connectivity index (χ2n) is 6.76. The van der Waals surface area contributed by atoms with Gasteiger partial charge in [0.15, 0.2) is 0 Å². The number of para-hydroxylation sites is 1. The molecule has 1 saturated heterocycles. The molecule has 28 heavy (non-hydrogen) atoms. The summed E-state index contributed by atoms with van der Waals surface area (Å²) in [6.07, 6.45) is 5.26. The minimum absolute atomic E-state index is 0.00612. The standard InChI is InChI=1S/C22H23N5O/c28-22(27-14-12-26(13-15-27)20-4-2-1-3-5-20)21-7-6-19(17-25-21)24-16-18-8-10-23-11-9-18/h1-11,17,24H,12-16H2. The van der Waals surface area contributed by atoms with Crippen LogP contribution in [0.15, 0.2) is 73.2 Å². The number of carbonyl (C=O) groups excluding carboxylic acids is 1. The molecule has 4 rings (SSSR count). The highest BCUT2D eigenvalue weighted by Gasteiger charge is 2.23. The van der Waals surface area contributed by atoms with Gasteiger partial charge in [0.25, 0.3) is 5.91 Å². The van der Waals surface area contributed by atoms with Crippen LogP contribution in [0.4, 0.5) is 11.4 Å². The molecule has 1 aliphatic heterocycles. The van der Waals surface area contributed by atoms with Gasteiger partial charge in [-0.15, -0.1) is 0 Å². The van der Waals surface area contributed by atoms with Crippen LogP contribution in [0, 0.1) is 0 Å². The molecule has 1 aliphatic rings. The van der Waals surface area contributed by atoms with Crippen LogP contribution in [0.1, 0.15) is 16.1 Å². The van der Waals surface area contributed by atoms with Crippen LogP contribution in [0.25, 0.3) is 0 Å². The van der Waals surface area contributed by atoms with Crippen molar-refractivity contribution in [3.8, 4) is 0 Å². The molecule has 0 bridgehead atoms. The number of anilines is 2. The zero-order valence-corrected chi connectivity index (χ0v) is 15.7. The third kappa shape index (κ3) is 4.28. The van der Waals surface area contributed by atoms with Gasteiger partial charge in [0, 0.05) is 50.8 Å². The largest absolute Gasteiger partial charge is 0.380 e. The molecule has 0 radical (unpaired) electrons. The van der Waals surface area contributed by atoms with E-state index < -0.39 is 0 Å². The Labute approximate surface area is 164 Å². The Balaban J connectivity index is 1.31. The number of piperazine rings is 1. The summed E-state index contributed by atoms with van der Waals surface area (Å²) in [5, 5.41) is 3.31. The van der Waals surface area contributed by atoms with Crippen molar-refractivity contribution in [1.82, 2.24) is 14.9 Å². The molecular weight excluding hydrogens is 350 g/mol. The van der Waals surface area contributed by atoms with Crippen molar-refractivity contribution in [3.63, 3.8) is 0 Å². The molecule has 0 spiro atoms. The quantitative estimate of drug-likeness (QED) is 0.745. The number of aromatic nitrogens is 2. The SMILES string of the molecule is O=C(c1ccc(NCc2ccncc2)cn1)N1CCN(c2ccccc2)CC1. The van der Waals surface area contributed by atoms with Crippen LogP contribution in [-0.4, -0.2) is 47.0 Å². The summed E-state index contributed by atoms with van der Waals surface area (Å²) in [5.41, 5.74) is 3.73. The average molecular weight is 373 g/mol. The zero-order valence-electron chi connectivity index (χ0n) is 15.7. The van der Waals surface area contributed by atoms with Crippen molar-refractivity contribution >= 4 is 17.3 Å². The molecule has 0 unspecified atom stereocenters. The molecular formula is C22H23N5O. The molecule has 3 aromatic rings. The van der Waals surface area contributed by atoms with Crippen molar-refractivity contribution in [2.75, 3.05) is 36.4 Å². The maximum absolute atomic E-state index is 12.8.